The summed E-state index contributed by atoms with van der Waals surface area (Å²) in [6.45, 7) is 2.70. The van der Waals surface area contributed by atoms with Gasteiger partial charge in [0.25, 0.3) is 0 Å². The van der Waals surface area contributed by atoms with Gasteiger partial charge in [-0.3, -0.25) is 14.5 Å². The Morgan fingerprint density at radius 1 is 1.17 bits per heavy atom. The molecule has 1 N–H and O–H groups in total. The Kier molecular flexibility index (Phi) is 7.85. The molecule has 3 rings (SSSR count). The highest BCUT2D eigenvalue weighted by Crippen LogP contribution is 2.16. The van der Waals surface area contributed by atoms with Crippen LogP contribution in [0.1, 0.15) is 24.0 Å². The fourth-order valence-corrected chi connectivity index (χ4v) is 3.84. The maximum absolute atomic E-state index is 12.8. The van der Waals surface area contributed by atoms with Crippen molar-refractivity contribution < 1.29 is 14.3 Å². The van der Waals surface area contributed by atoms with Gasteiger partial charge in [0.2, 0.25) is 11.8 Å². The summed E-state index contributed by atoms with van der Waals surface area (Å²) in [6.07, 6.45) is 2.12. The number of benzene rings is 2. The van der Waals surface area contributed by atoms with E-state index in [9.17, 15) is 9.59 Å². The zero-order valence-corrected chi connectivity index (χ0v) is 17.8. The molecule has 0 spiro atoms. The van der Waals surface area contributed by atoms with E-state index in [1.54, 1.807) is 19.1 Å². The molecule has 1 aliphatic heterocycles. The topological polar surface area (TPSA) is 61.9 Å². The fourth-order valence-electron chi connectivity index (χ4n) is 3.84. The smallest absolute Gasteiger partial charge is 0.237 e. The predicted octanol–water partition coefficient (Wildman–Crippen LogP) is 2.48. The Hall–Kier alpha value is -2.86. The summed E-state index contributed by atoms with van der Waals surface area (Å²) in [7, 11) is 3.41. The number of rotatable bonds is 9. The quantitative estimate of drug-likeness (QED) is 0.691. The normalized spacial score (nSPS) is 16.7. The van der Waals surface area contributed by atoms with Crippen LogP contribution in [0.15, 0.2) is 54.6 Å². The van der Waals surface area contributed by atoms with E-state index in [-0.39, 0.29) is 18.2 Å². The third kappa shape index (κ3) is 6.07. The molecule has 1 unspecified atom stereocenters. The summed E-state index contributed by atoms with van der Waals surface area (Å²) in [5.74, 6) is 0.682. The summed E-state index contributed by atoms with van der Waals surface area (Å²) in [5.41, 5.74) is 2.29. The summed E-state index contributed by atoms with van der Waals surface area (Å²) >= 11 is 0. The molecule has 1 fully saturated rings. The molecule has 1 aliphatic rings. The van der Waals surface area contributed by atoms with Crippen LogP contribution in [-0.2, 0) is 22.6 Å². The standard InChI is InChI=1S/C24H31N3O3/c1-26(18-20-10-6-12-21(16-20)30-2)23(28)17-22-24(29)25-13-15-27(22)14-7-11-19-8-4-3-5-9-19/h3-6,8-10,12,16,22H,7,11,13-15,17-18H2,1-2H3,(H,25,29). The van der Waals surface area contributed by atoms with E-state index in [0.29, 0.717) is 13.1 Å². The predicted molar refractivity (Wildman–Crippen MR) is 117 cm³/mol. The molecule has 1 heterocycles. The Morgan fingerprint density at radius 3 is 2.70 bits per heavy atom. The molecule has 2 amide bonds. The Morgan fingerprint density at radius 2 is 1.93 bits per heavy atom. The van der Waals surface area contributed by atoms with Crippen LogP contribution in [0.3, 0.4) is 0 Å². The van der Waals surface area contributed by atoms with Crippen molar-refractivity contribution in [3.63, 3.8) is 0 Å². The molecular formula is C24H31N3O3. The van der Waals surface area contributed by atoms with Gasteiger partial charge in [-0.25, -0.2) is 0 Å². The monoisotopic (exact) mass is 409 g/mol. The number of nitrogens with zero attached hydrogens (tertiary/aromatic N) is 2. The van der Waals surface area contributed by atoms with E-state index in [1.807, 2.05) is 42.5 Å². The van der Waals surface area contributed by atoms with Crippen LogP contribution >= 0.6 is 0 Å². The number of carbonyl (C=O) groups excluding carboxylic acids is 2. The summed E-state index contributed by atoms with van der Waals surface area (Å²) in [6, 6.07) is 17.6. The highest BCUT2D eigenvalue weighted by atomic mass is 16.5. The molecule has 0 saturated carbocycles. The van der Waals surface area contributed by atoms with Gasteiger partial charge >= 0.3 is 0 Å². The van der Waals surface area contributed by atoms with Crippen molar-refractivity contribution in [2.45, 2.75) is 31.8 Å². The number of amides is 2. The first kappa shape index (κ1) is 21.8. The van der Waals surface area contributed by atoms with Crippen molar-refractivity contribution in [2.75, 3.05) is 33.8 Å². The van der Waals surface area contributed by atoms with Crippen molar-refractivity contribution in [2.24, 2.45) is 0 Å². The molecule has 1 atom stereocenters. The zero-order valence-electron chi connectivity index (χ0n) is 17.8. The molecule has 0 bridgehead atoms. The molecule has 2 aromatic carbocycles. The number of hydrogen-bond donors (Lipinski definition) is 1. The minimum atomic E-state index is -0.408. The van der Waals surface area contributed by atoms with Gasteiger partial charge in [0.15, 0.2) is 0 Å². The van der Waals surface area contributed by atoms with Gasteiger partial charge in [-0.05, 0) is 42.6 Å². The average molecular weight is 410 g/mol. The Bertz CT molecular complexity index is 841. The Balaban J connectivity index is 1.55. The average Bonchev–Trinajstić information content (AvgIpc) is 2.76. The lowest BCUT2D eigenvalue weighted by atomic mass is 10.1. The molecule has 0 aromatic heterocycles. The highest BCUT2D eigenvalue weighted by molar-refractivity contribution is 5.88. The van der Waals surface area contributed by atoms with Crippen LogP contribution in [0.4, 0.5) is 0 Å². The van der Waals surface area contributed by atoms with Crippen LogP contribution in [0.2, 0.25) is 0 Å². The molecule has 0 radical (unpaired) electrons. The van der Waals surface area contributed by atoms with E-state index in [4.69, 9.17) is 4.74 Å². The van der Waals surface area contributed by atoms with Gasteiger partial charge in [-0.2, -0.15) is 0 Å². The molecule has 160 valence electrons. The van der Waals surface area contributed by atoms with Crippen molar-refractivity contribution in [1.82, 2.24) is 15.1 Å². The molecule has 2 aromatic rings. The zero-order chi connectivity index (χ0) is 21.3. The van der Waals surface area contributed by atoms with Crippen molar-refractivity contribution in [1.29, 1.82) is 0 Å². The Labute approximate surface area is 178 Å². The third-order valence-corrected chi connectivity index (χ3v) is 5.54. The number of nitrogens with one attached hydrogen (secondary N) is 1. The largest absolute Gasteiger partial charge is 0.497 e. The van der Waals surface area contributed by atoms with Crippen molar-refractivity contribution in [3.05, 3.63) is 65.7 Å². The van der Waals surface area contributed by atoms with Gasteiger partial charge in [0.05, 0.1) is 19.6 Å². The van der Waals surface area contributed by atoms with Crippen LogP contribution in [0.25, 0.3) is 0 Å². The lowest BCUT2D eigenvalue weighted by Crippen LogP contribution is -2.56. The van der Waals surface area contributed by atoms with Crippen molar-refractivity contribution in [3.8, 4) is 5.75 Å². The van der Waals surface area contributed by atoms with E-state index >= 15 is 0 Å². The molecular weight excluding hydrogens is 378 g/mol. The number of piperazine rings is 1. The first-order valence-electron chi connectivity index (χ1n) is 10.5. The number of methoxy groups -OCH3 is 1. The first-order valence-corrected chi connectivity index (χ1v) is 10.5. The first-order chi connectivity index (χ1) is 14.6. The minimum absolute atomic E-state index is 0.0343. The number of aryl methyl sites for hydroxylation is 1. The number of hydrogen-bond acceptors (Lipinski definition) is 4. The lowest BCUT2D eigenvalue weighted by molar-refractivity contribution is -0.138. The van der Waals surface area contributed by atoms with E-state index < -0.39 is 6.04 Å². The molecule has 6 nitrogen and oxygen atoms in total. The van der Waals surface area contributed by atoms with Gasteiger partial charge in [-0.1, -0.05) is 42.5 Å². The SMILES string of the molecule is COc1cccc(CN(C)C(=O)CC2C(=O)NCCN2CCCc2ccccc2)c1. The van der Waals surface area contributed by atoms with Gasteiger partial charge in [-0.15, -0.1) is 0 Å². The van der Waals surface area contributed by atoms with Gasteiger partial charge < -0.3 is 15.0 Å². The van der Waals surface area contributed by atoms with E-state index in [1.165, 1.54) is 5.56 Å². The van der Waals surface area contributed by atoms with Crippen LogP contribution in [0.5, 0.6) is 5.75 Å². The second-order valence-electron chi connectivity index (χ2n) is 7.74. The third-order valence-electron chi connectivity index (χ3n) is 5.54. The number of ether oxygens (including phenoxy) is 1. The number of carbonyl (C=O) groups is 2. The summed E-state index contributed by atoms with van der Waals surface area (Å²) < 4.78 is 5.25. The molecule has 0 aliphatic carbocycles. The van der Waals surface area contributed by atoms with Gasteiger partial charge in [0.1, 0.15) is 5.75 Å². The van der Waals surface area contributed by atoms with E-state index in [2.05, 4.69) is 22.3 Å². The molecule has 6 heteroatoms. The second kappa shape index (κ2) is 10.8. The van der Waals surface area contributed by atoms with Crippen LogP contribution < -0.4 is 10.1 Å². The van der Waals surface area contributed by atoms with Gasteiger partial charge in [0, 0.05) is 26.7 Å². The molecule has 1 saturated heterocycles. The summed E-state index contributed by atoms with van der Waals surface area (Å²) in [4.78, 5) is 29.2. The molecule has 30 heavy (non-hydrogen) atoms. The van der Waals surface area contributed by atoms with Crippen LogP contribution in [-0.4, -0.2) is 61.4 Å². The lowest BCUT2D eigenvalue weighted by Gasteiger charge is -2.35. The maximum Gasteiger partial charge on any atom is 0.237 e. The van der Waals surface area contributed by atoms with Crippen LogP contribution in [0, 0.1) is 0 Å². The van der Waals surface area contributed by atoms with E-state index in [0.717, 1.165) is 37.2 Å². The highest BCUT2D eigenvalue weighted by Gasteiger charge is 2.32. The minimum Gasteiger partial charge on any atom is -0.497 e. The van der Waals surface area contributed by atoms with Crippen molar-refractivity contribution >= 4 is 11.8 Å². The second-order valence-corrected chi connectivity index (χ2v) is 7.74. The summed E-state index contributed by atoms with van der Waals surface area (Å²) in [5, 5.41) is 2.91. The maximum atomic E-state index is 12.8. The fraction of sp³-hybridized carbons (Fsp3) is 0.417.